The van der Waals surface area contributed by atoms with E-state index in [1.54, 1.807) is 24.4 Å². The van der Waals surface area contributed by atoms with Crippen LogP contribution < -0.4 is 14.8 Å². The molecule has 0 spiro atoms. The van der Waals surface area contributed by atoms with Gasteiger partial charge in [-0.15, -0.1) is 0 Å². The Morgan fingerprint density at radius 1 is 1.19 bits per heavy atom. The fraction of sp³-hybridized carbons (Fsp3) is 0.250. The highest BCUT2D eigenvalue weighted by molar-refractivity contribution is 5.92. The van der Waals surface area contributed by atoms with Crippen LogP contribution in [0.1, 0.15) is 29.0 Å². The Bertz CT molecular complexity index is 643. The average molecular weight is 284 g/mol. The van der Waals surface area contributed by atoms with Gasteiger partial charge in [0, 0.05) is 6.20 Å². The molecule has 5 heteroatoms. The monoisotopic (exact) mass is 284 g/mol. The Morgan fingerprint density at radius 2 is 2.00 bits per heavy atom. The second-order valence-corrected chi connectivity index (χ2v) is 4.81. The molecule has 1 aliphatic heterocycles. The van der Waals surface area contributed by atoms with Gasteiger partial charge in [0.25, 0.3) is 5.91 Å². The summed E-state index contributed by atoms with van der Waals surface area (Å²) in [7, 11) is 0. The first-order valence-corrected chi connectivity index (χ1v) is 6.85. The average Bonchev–Trinajstić information content (AvgIpc) is 2.55. The predicted molar refractivity (Wildman–Crippen MR) is 77.6 cm³/mol. The highest BCUT2D eigenvalue weighted by Crippen LogP contribution is 2.32. The second kappa shape index (κ2) is 5.83. The molecule has 0 fully saturated rings. The number of amides is 1. The van der Waals surface area contributed by atoms with Crippen molar-refractivity contribution in [2.24, 2.45) is 0 Å². The quantitative estimate of drug-likeness (QED) is 0.939. The fourth-order valence-corrected chi connectivity index (χ4v) is 2.18. The van der Waals surface area contributed by atoms with Crippen LogP contribution in [0.15, 0.2) is 42.6 Å². The minimum atomic E-state index is -0.196. The molecule has 1 N–H and O–H groups in total. The fourth-order valence-electron chi connectivity index (χ4n) is 2.18. The minimum absolute atomic E-state index is 0.143. The van der Waals surface area contributed by atoms with Gasteiger partial charge >= 0.3 is 0 Å². The lowest BCUT2D eigenvalue weighted by atomic mass is 10.1. The van der Waals surface area contributed by atoms with Crippen LogP contribution in [0.4, 0.5) is 0 Å². The SMILES string of the molecule is CC(NC(=O)c1ccccn1)c1ccc2c(c1)OCCO2. The lowest BCUT2D eigenvalue weighted by Gasteiger charge is -2.21. The van der Waals surface area contributed by atoms with Crippen molar-refractivity contribution in [3.8, 4) is 11.5 Å². The van der Waals surface area contributed by atoms with E-state index in [1.165, 1.54) is 0 Å². The lowest BCUT2D eigenvalue weighted by molar-refractivity contribution is 0.0934. The molecule has 108 valence electrons. The van der Waals surface area contributed by atoms with Crippen LogP contribution in [0, 0.1) is 0 Å². The van der Waals surface area contributed by atoms with Gasteiger partial charge < -0.3 is 14.8 Å². The zero-order valence-corrected chi connectivity index (χ0v) is 11.7. The maximum atomic E-state index is 12.1. The summed E-state index contributed by atoms with van der Waals surface area (Å²) < 4.78 is 11.0. The van der Waals surface area contributed by atoms with Crippen molar-refractivity contribution < 1.29 is 14.3 Å². The summed E-state index contributed by atoms with van der Waals surface area (Å²) in [6.07, 6.45) is 1.60. The molecule has 1 atom stereocenters. The summed E-state index contributed by atoms with van der Waals surface area (Å²) in [4.78, 5) is 16.1. The maximum Gasteiger partial charge on any atom is 0.270 e. The molecular weight excluding hydrogens is 268 g/mol. The molecule has 0 saturated heterocycles. The van der Waals surface area contributed by atoms with Crippen LogP contribution in [-0.2, 0) is 0 Å². The molecule has 1 aromatic carbocycles. The topological polar surface area (TPSA) is 60.5 Å². The van der Waals surface area contributed by atoms with Gasteiger partial charge in [0.2, 0.25) is 0 Å². The summed E-state index contributed by atoms with van der Waals surface area (Å²) in [5.74, 6) is 1.27. The second-order valence-electron chi connectivity index (χ2n) is 4.81. The number of hydrogen-bond donors (Lipinski definition) is 1. The van der Waals surface area contributed by atoms with Crippen molar-refractivity contribution in [3.05, 3.63) is 53.9 Å². The van der Waals surface area contributed by atoms with E-state index in [0.717, 1.165) is 17.1 Å². The Morgan fingerprint density at radius 3 is 2.76 bits per heavy atom. The molecule has 21 heavy (non-hydrogen) atoms. The Kier molecular flexibility index (Phi) is 3.73. The van der Waals surface area contributed by atoms with Crippen LogP contribution in [0.2, 0.25) is 0 Å². The van der Waals surface area contributed by atoms with Crippen molar-refractivity contribution in [2.45, 2.75) is 13.0 Å². The van der Waals surface area contributed by atoms with Gasteiger partial charge in [0.15, 0.2) is 11.5 Å². The van der Waals surface area contributed by atoms with Crippen LogP contribution in [0.3, 0.4) is 0 Å². The highest BCUT2D eigenvalue weighted by Gasteiger charge is 2.16. The maximum absolute atomic E-state index is 12.1. The zero-order chi connectivity index (χ0) is 14.7. The third kappa shape index (κ3) is 2.97. The molecule has 1 amide bonds. The van der Waals surface area contributed by atoms with Crippen molar-refractivity contribution in [1.29, 1.82) is 0 Å². The predicted octanol–water partition coefficient (Wildman–Crippen LogP) is 2.34. The van der Waals surface area contributed by atoms with Gasteiger partial charge in [-0.05, 0) is 36.8 Å². The summed E-state index contributed by atoms with van der Waals surface area (Å²) in [5, 5.41) is 2.92. The van der Waals surface area contributed by atoms with Gasteiger partial charge in [0.1, 0.15) is 18.9 Å². The molecule has 1 unspecified atom stereocenters. The first kappa shape index (κ1) is 13.4. The Labute approximate surface area is 122 Å². The lowest BCUT2D eigenvalue weighted by Crippen LogP contribution is -2.27. The molecule has 0 radical (unpaired) electrons. The van der Waals surface area contributed by atoms with E-state index in [0.29, 0.717) is 18.9 Å². The molecule has 1 aliphatic rings. The number of aromatic nitrogens is 1. The molecule has 2 aromatic rings. The van der Waals surface area contributed by atoms with E-state index >= 15 is 0 Å². The third-order valence-electron chi connectivity index (χ3n) is 3.31. The van der Waals surface area contributed by atoms with Gasteiger partial charge in [-0.1, -0.05) is 12.1 Å². The number of benzene rings is 1. The van der Waals surface area contributed by atoms with Crippen molar-refractivity contribution in [3.63, 3.8) is 0 Å². The van der Waals surface area contributed by atoms with Crippen molar-refractivity contribution in [1.82, 2.24) is 10.3 Å². The minimum Gasteiger partial charge on any atom is -0.486 e. The largest absolute Gasteiger partial charge is 0.486 e. The van der Waals surface area contributed by atoms with Gasteiger partial charge in [0.05, 0.1) is 6.04 Å². The van der Waals surface area contributed by atoms with Gasteiger partial charge in [-0.25, -0.2) is 0 Å². The molecule has 1 aromatic heterocycles. The third-order valence-corrected chi connectivity index (χ3v) is 3.31. The number of nitrogens with one attached hydrogen (secondary N) is 1. The molecule has 0 saturated carbocycles. The van der Waals surface area contributed by atoms with Crippen LogP contribution >= 0.6 is 0 Å². The summed E-state index contributed by atoms with van der Waals surface area (Å²) in [6.45, 7) is 3.04. The number of carbonyl (C=O) groups is 1. The smallest absolute Gasteiger partial charge is 0.270 e. The van der Waals surface area contributed by atoms with Crippen molar-refractivity contribution >= 4 is 5.91 Å². The van der Waals surface area contributed by atoms with Crippen LogP contribution in [0.5, 0.6) is 11.5 Å². The summed E-state index contributed by atoms with van der Waals surface area (Å²) in [6, 6.07) is 10.8. The molecular formula is C16H16N2O3. The molecule has 0 aliphatic carbocycles. The van der Waals surface area contributed by atoms with E-state index in [2.05, 4.69) is 10.3 Å². The number of rotatable bonds is 3. The molecule has 0 bridgehead atoms. The molecule has 5 nitrogen and oxygen atoms in total. The first-order valence-electron chi connectivity index (χ1n) is 6.85. The highest BCUT2D eigenvalue weighted by atomic mass is 16.6. The first-order chi connectivity index (χ1) is 10.2. The van der Waals surface area contributed by atoms with Crippen LogP contribution in [-0.4, -0.2) is 24.1 Å². The Hall–Kier alpha value is -2.56. The van der Waals surface area contributed by atoms with Crippen molar-refractivity contribution in [2.75, 3.05) is 13.2 Å². The van der Waals surface area contributed by atoms with E-state index < -0.39 is 0 Å². The molecule has 2 heterocycles. The summed E-state index contributed by atoms with van der Waals surface area (Å²) >= 11 is 0. The van der Waals surface area contributed by atoms with E-state index in [4.69, 9.17) is 9.47 Å². The molecule has 3 rings (SSSR count). The number of fused-ring (bicyclic) bond motifs is 1. The number of carbonyl (C=O) groups excluding carboxylic acids is 1. The number of nitrogens with zero attached hydrogens (tertiary/aromatic N) is 1. The van der Waals surface area contributed by atoms with E-state index in [-0.39, 0.29) is 11.9 Å². The normalized spacial score (nSPS) is 14.3. The van der Waals surface area contributed by atoms with E-state index in [9.17, 15) is 4.79 Å². The number of ether oxygens (including phenoxy) is 2. The van der Waals surface area contributed by atoms with Gasteiger partial charge in [-0.2, -0.15) is 0 Å². The van der Waals surface area contributed by atoms with Gasteiger partial charge in [-0.3, -0.25) is 9.78 Å². The standard InChI is InChI=1S/C16H16N2O3/c1-11(18-16(19)13-4-2-3-7-17-13)12-5-6-14-15(10-12)21-9-8-20-14/h2-7,10-11H,8-9H2,1H3,(H,18,19). The number of pyridine rings is 1. The zero-order valence-electron chi connectivity index (χ0n) is 11.7. The summed E-state index contributed by atoms with van der Waals surface area (Å²) in [5.41, 5.74) is 1.37. The number of hydrogen-bond acceptors (Lipinski definition) is 4. The Balaban J connectivity index is 1.73. The van der Waals surface area contributed by atoms with E-state index in [1.807, 2.05) is 25.1 Å². The van der Waals surface area contributed by atoms with Crippen LogP contribution in [0.25, 0.3) is 0 Å².